The summed E-state index contributed by atoms with van der Waals surface area (Å²) in [5.74, 6) is 0.163. The number of amides is 1. The number of benzene rings is 1. The van der Waals surface area contributed by atoms with E-state index in [9.17, 15) is 4.79 Å². The number of rotatable bonds is 3. The predicted octanol–water partition coefficient (Wildman–Crippen LogP) is 2.58. The van der Waals surface area contributed by atoms with Crippen LogP contribution in [0, 0.1) is 11.3 Å². The maximum absolute atomic E-state index is 13.0. The second-order valence-electron chi connectivity index (χ2n) is 6.78. The number of piperazine rings is 1. The Morgan fingerprint density at radius 2 is 1.76 bits per heavy atom. The van der Waals surface area contributed by atoms with Crippen LogP contribution in [-0.4, -0.2) is 42.0 Å². The van der Waals surface area contributed by atoms with Gasteiger partial charge in [-0.15, -0.1) is 0 Å². The third-order valence-electron chi connectivity index (χ3n) is 4.82. The van der Waals surface area contributed by atoms with Crippen molar-refractivity contribution in [2.75, 3.05) is 31.1 Å². The molecule has 1 aliphatic rings. The second-order valence-corrected chi connectivity index (χ2v) is 6.78. The lowest BCUT2D eigenvalue weighted by molar-refractivity contribution is -0.136. The van der Waals surface area contributed by atoms with E-state index in [4.69, 9.17) is 5.26 Å². The van der Waals surface area contributed by atoms with Crippen LogP contribution in [0.15, 0.2) is 48.7 Å². The third-order valence-corrected chi connectivity index (χ3v) is 4.82. The molecule has 0 N–H and O–H groups in total. The third kappa shape index (κ3) is 3.48. The molecule has 5 nitrogen and oxygen atoms in total. The first-order valence-electron chi connectivity index (χ1n) is 8.48. The van der Waals surface area contributed by atoms with Gasteiger partial charge in [0, 0.05) is 26.2 Å². The van der Waals surface area contributed by atoms with E-state index in [1.54, 1.807) is 12.3 Å². The van der Waals surface area contributed by atoms with Gasteiger partial charge < -0.3 is 9.80 Å². The van der Waals surface area contributed by atoms with E-state index in [1.807, 2.05) is 61.2 Å². The highest BCUT2D eigenvalue weighted by atomic mass is 16.2. The van der Waals surface area contributed by atoms with E-state index in [2.05, 4.69) is 9.88 Å². The molecular formula is C20H22N4O. The number of carbonyl (C=O) groups excluding carboxylic acids is 1. The molecule has 25 heavy (non-hydrogen) atoms. The van der Waals surface area contributed by atoms with Gasteiger partial charge in [0.15, 0.2) is 0 Å². The number of nitrogens with zero attached hydrogens (tertiary/aromatic N) is 4. The molecule has 1 aromatic carbocycles. The molecule has 1 saturated heterocycles. The Morgan fingerprint density at radius 1 is 1.08 bits per heavy atom. The Kier molecular flexibility index (Phi) is 4.71. The second kappa shape index (κ2) is 6.94. The highest BCUT2D eigenvalue weighted by Gasteiger charge is 2.35. The molecule has 0 saturated carbocycles. The molecular weight excluding hydrogens is 312 g/mol. The van der Waals surface area contributed by atoms with Crippen LogP contribution >= 0.6 is 0 Å². The zero-order valence-electron chi connectivity index (χ0n) is 14.6. The Bertz CT molecular complexity index is 770. The number of pyridine rings is 1. The van der Waals surface area contributed by atoms with Gasteiger partial charge >= 0.3 is 0 Å². The monoisotopic (exact) mass is 334 g/mol. The van der Waals surface area contributed by atoms with Crippen LogP contribution < -0.4 is 4.90 Å². The van der Waals surface area contributed by atoms with Gasteiger partial charge in [0.25, 0.3) is 0 Å². The number of hydrogen-bond acceptors (Lipinski definition) is 4. The summed E-state index contributed by atoms with van der Waals surface area (Å²) in [5.41, 5.74) is 1.92. The highest BCUT2D eigenvalue weighted by Crippen LogP contribution is 2.26. The van der Waals surface area contributed by atoms with Crippen molar-refractivity contribution in [1.29, 1.82) is 5.26 Å². The van der Waals surface area contributed by atoms with Crippen LogP contribution in [-0.2, 0) is 10.2 Å². The van der Waals surface area contributed by atoms with Gasteiger partial charge in [-0.25, -0.2) is 4.98 Å². The number of nitriles is 1. The summed E-state index contributed by atoms with van der Waals surface area (Å²) >= 11 is 0. The van der Waals surface area contributed by atoms with Crippen LogP contribution in [0.4, 0.5) is 5.69 Å². The quantitative estimate of drug-likeness (QED) is 0.865. The summed E-state index contributed by atoms with van der Waals surface area (Å²) in [6.45, 7) is 6.89. The largest absolute Gasteiger partial charge is 0.367 e. The predicted molar refractivity (Wildman–Crippen MR) is 97.2 cm³/mol. The fourth-order valence-electron chi connectivity index (χ4n) is 3.18. The molecule has 3 rings (SSSR count). The van der Waals surface area contributed by atoms with E-state index in [-0.39, 0.29) is 5.91 Å². The van der Waals surface area contributed by atoms with Crippen LogP contribution in [0.25, 0.3) is 0 Å². The minimum Gasteiger partial charge on any atom is -0.367 e. The fourth-order valence-corrected chi connectivity index (χ4v) is 3.18. The number of aromatic nitrogens is 1. The van der Waals surface area contributed by atoms with Gasteiger partial charge in [0.05, 0.1) is 17.3 Å². The Morgan fingerprint density at radius 3 is 2.32 bits per heavy atom. The Hall–Kier alpha value is -2.87. The summed E-state index contributed by atoms with van der Waals surface area (Å²) in [7, 11) is 0. The van der Waals surface area contributed by atoms with Crippen LogP contribution in [0.3, 0.4) is 0 Å². The highest BCUT2D eigenvalue weighted by molar-refractivity contribution is 5.87. The SMILES string of the molecule is CC(C)(C(=O)N1CCN(c2ccc(C#N)nc2)CC1)c1ccccc1. The van der Waals surface area contributed by atoms with Crippen molar-refractivity contribution in [2.45, 2.75) is 19.3 Å². The van der Waals surface area contributed by atoms with Gasteiger partial charge in [0.1, 0.15) is 11.8 Å². The van der Waals surface area contributed by atoms with Crippen molar-refractivity contribution >= 4 is 11.6 Å². The van der Waals surface area contributed by atoms with E-state index >= 15 is 0 Å². The summed E-state index contributed by atoms with van der Waals surface area (Å²) < 4.78 is 0. The van der Waals surface area contributed by atoms with Crippen molar-refractivity contribution in [2.24, 2.45) is 0 Å². The molecule has 0 aliphatic carbocycles. The smallest absolute Gasteiger partial charge is 0.232 e. The number of anilines is 1. The van der Waals surface area contributed by atoms with Gasteiger partial charge in [0.2, 0.25) is 5.91 Å². The molecule has 2 aromatic rings. The minimum absolute atomic E-state index is 0.163. The first-order valence-corrected chi connectivity index (χ1v) is 8.48. The van der Waals surface area contributed by atoms with Crippen LogP contribution in [0.1, 0.15) is 25.1 Å². The van der Waals surface area contributed by atoms with E-state index in [1.165, 1.54) is 0 Å². The van der Waals surface area contributed by atoms with Crippen molar-refractivity contribution in [3.05, 3.63) is 59.9 Å². The Balaban J connectivity index is 1.65. The first kappa shape index (κ1) is 17.0. The molecule has 1 amide bonds. The van der Waals surface area contributed by atoms with Gasteiger partial charge in [-0.3, -0.25) is 4.79 Å². The van der Waals surface area contributed by atoms with Crippen molar-refractivity contribution in [3.8, 4) is 6.07 Å². The van der Waals surface area contributed by atoms with Gasteiger partial charge in [-0.05, 0) is 31.5 Å². The van der Waals surface area contributed by atoms with Gasteiger partial charge in [-0.2, -0.15) is 5.26 Å². The van der Waals surface area contributed by atoms with Crippen molar-refractivity contribution in [3.63, 3.8) is 0 Å². The molecule has 2 heterocycles. The van der Waals surface area contributed by atoms with Crippen LogP contribution in [0.5, 0.6) is 0 Å². The first-order chi connectivity index (χ1) is 12.0. The normalized spacial score (nSPS) is 14.9. The maximum atomic E-state index is 13.0. The molecule has 0 spiro atoms. The van der Waals surface area contributed by atoms with Crippen molar-refractivity contribution in [1.82, 2.24) is 9.88 Å². The molecule has 1 fully saturated rings. The van der Waals surface area contributed by atoms with Crippen molar-refractivity contribution < 1.29 is 4.79 Å². The summed E-state index contributed by atoms with van der Waals surface area (Å²) in [6, 6.07) is 15.6. The zero-order chi connectivity index (χ0) is 17.9. The standard InChI is InChI=1S/C20H22N4O/c1-20(2,16-6-4-3-5-7-16)19(25)24-12-10-23(11-13-24)18-9-8-17(14-21)22-15-18/h3-9,15H,10-13H2,1-2H3. The molecule has 1 aliphatic heterocycles. The lowest BCUT2D eigenvalue weighted by Crippen LogP contribution is -2.53. The minimum atomic E-state index is -0.528. The zero-order valence-corrected chi connectivity index (χ0v) is 14.6. The molecule has 0 radical (unpaired) electrons. The molecule has 0 bridgehead atoms. The average Bonchev–Trinajstić information content (AvgIpc) is 2.68. The lowest BCUT2D eigenvalue weighted by atomic mass is 9.83. The van der Waals surface area contributed by atoms with E-state index < -0.39 is 5.41 Å². The fraction of sp³-hybridized carbons (Fsp3) is 0.350. The van der Waals surface area contributed by atoms with Gasteiger partial charge in [-0.1, -0.05) is 30.3 Å². The lowest BCUT2D eigenvalue weighted by Gasteiger charge is -2.39. The maximum Gasteiger partial charge on any atom is 0.232 e. The van der Waals surface area contributed by atoms with E-state index in [0.717, 1.165) is 24.3 Å². The molecule has 0 atom stereocenters. The average molecular weight is 334 g/mol. The molecule has 5 heteroatoms. The van der Waals surface area contributed by atoms with Crippen LogP contribution in [0.2, 0.25) is 0 Å². The number of hydrogen-bond donors (Lipinski definition) is 0. The molecule has 128 valence electrons. The summed E-state index contributed by atoms with van der Waals surface area (Å²) in [4.78, 5) is 21.3. The Labute approximate surface area is 148 Å². The molecule has 1 aromatic heterocycles. The topological polar surface area (TPSA) is 60.2 Å². The molecule has 0 unspecified atom stereocenters. The summed E-state index contributed by atoms with van der Waals surface area (Å²) in [6.07, 6.45) is 1.73. The van der Waals surface area contributed by atoms with E-state index in [0.29, 0.717) is 18.8 Å². The summed E-state index contributed by atoms with van der Waals surface area (Å²) in [5, 5.41) is 8.83. The number of carbonyl (C=O) groups is 1.